The maximum atomic E-state index is 3.92. The van der Waals surface area contributed by atoms with E-state index in [-0.39, 0.29) is 16.2 Å². The first-order valence-corrected chi connectivity index (χ1v) is 15.5. The Hall–Kier alpha value is -4.10. The van der Waals surface area contributed by atoms with E-state index in [1.54, 1.807) is 0 Å². The van der Waals surface area contributed by atoms with Gasteiger partial charge in [-0.05, 0) is 79.5 Å². The number of nitrogens with one attached hydrogen (secondary N) is 1. The molecule has 220 valence electrons. The standard InChI is InChI=1S/C42H47N/c1-40(2,3)33-23-32(24-34(26-33)41(4,5)6)31-21-16-22-36(25-31)43-39-37(29-17-12-10-13-18-29)27-35(42(7,8)9)28-38(39)30-19-14-11-15-20-30/h10-28,43H,1-9H3. The van der Waals surface area contributed by atoms with Gasteiger partial charge in [0.25, 0.3) is 0 Å². The van der Waals surface area contributed by atoms with Crippen LogP contribution in [-0.4, -0.2) is 0 Å². The van der Waals surface area contributed by atoms with E-state index in [4.69, 9.17) is 0 Å². The molecule has 0 heterocycles. The highest BCUT2D eigenvalue weighted by molar-refractivity contribution is 5.94. The van der Waals surface area contributed by atoms with Crippen molar-refractivity contribution in [2.45, 2.75) is 78.6 Å². The summed E-state index contributed by atoms with van der Waals surface area (Å²) < 4.78 is 0. The summed E-state index contributed by atoms with van der Waals surface area (Å²) in [6.45, 7) is 20.7. The molecule has 0 amide bonds. The average Bonchev–Trinajstić information content (AvgIpc) is 2.96. The molecule has 0 aliphatic carbocycles. The Labute approximate surface area is 260 Å². The van der Waals surface area contributed by atoms with Gasteiger partial charge < -0.3 is 5.32 Å². The summed E-state index contributed by atoms with van der Waals surface area (Å²) in [5.74, 6) is 0. The molecule has 0 saturated heterocycles. The zero-order valence-electron chi connectivity index (χ0n) is 27.5. The second-order valence-corrected chi connectivity index (χ2v) is 14.9. The van der Waals surface area contributed by atoms with Crippen molar-refractivity contribution in [3.63, 3.8) is 0 Å². The lowest BCUT2D eigenvalue weighted by molar-refractivity contribution is 0.569. The van der Waals surface area contributed by atoms with Gasteiger partial charge in [0, 0.05) is 16.8 Å². The summed E-state index contributed by atoms with van der Waals surface area (Å²) in [7, 11) is 0. The van der Waals surface area contributed by atoms with Gasteiger partial charge in [0.05, 0.1) is 5.69 Å². The van der Waals surface area contributed by atoms with Crippen molar-refractivity contribution in [1.82, 2.24) is 0 Å². The molecule has 5 rings (SSSR count). The van der Waals surface area contributed by atoms with Gasteiger partial charge in [-0.1, -0.05) is 153 Å². The van der Waals surface area contributed by atoms with Crippen molar-refractivity contribution >= 4 is 11.4 Å². The average molecular weight is 566 g/mol. The Morgan fingerprint density at radius 1 is 0.372 bits per heavy atom. The molecule has 5 aromatic rings. The SMILES string of the molecule is CC(C)(C)c1cc(-c2cccc(Nc3c(-c4ccccc4)cc(C(C)(C)C)cc3-c3ccccc3)c2)cc(C(C)(C)C)c1. The fourth-order valence-corrected chi connectivity index (χ4v) is 5.48. The predicted octanol–water partition coefficient (Wildman–Crippen LogP) is 12.3. The molecule has 5 aromatic carbocycles. The Morgan fingerprint density at radius 3 is 1.23 bits per heavy atom. The first kappa shape index (κ1) is 30.4. The van der Waals surface area contributed by atoms with Gasteiger partial charge >= 0.3 is 0 Å². The van der Waals surface area contributed by atoms with Crippen molar-refractivity contribution in [3.05, 3.63) is 132 Å². The lowest BCUT2D eigenvalue weighted by atomic mass is 9.79. The van der Waals surface area contributed by atoms with E-state index >= 15 is 0 Å². The van der Waals surface area contributed by atoms with Crippen molar-refractivity contribution in [1.29, 1.82) is 0 Å². The Balaban J connectivity index is 1.69. The van der Waals surface area contributed by atoms with Crippen LogP contribution < -0.4 is 5.32 Å². The van der Waals surface area contributed by atoms with Crippen LogP contribution in [0.5, 0.6) is 0 Å². The van der Waals surface area contributed by atoms with Gasteiger partial charge in [-0.15, -0.1) is 0 Å². The lowest BCUT2D eigenvalue weighted by Gasteiger charge is -2.26. The number of anilines is 2. The quantitative estimate of drug-likeness (QED) is 0.223. The number of rotatable bonds is 5. The normalized spacial score (nSPS) is 12.3. The molecule has 0 spiro atoms. The third kappa shape index (κ3) is 6.94. The highest BCUT2D eigenvalue weighted by atomic mass is 14.9. The minimum atomic E-state index is 0.00827. The summed E-state index contributed by atoms with van der Waals surface area (Å²) in [5, 5.41) is 3.92. The number of hydrogen-bond donors (Lipinski definition) is 1. The maximum Gasteiger partial charge on any atom is 0.0543 e. The van der Waals surface area contributed by atoms with Gasteiger partial charge in [0.15, 0.2) is 0 Å². The maximum absolute atomic E-state index is 3.92. The van der Waals surface area contributed by atoms with E-state index in [2.05, 4.69) is 183 Å². The molecule has 0 unspecified atom stereocenters. The van der Waals surface area contributed by atoms with E-state index in [0.29, 0.717) is 0 Å². The van der Waals surface area contributed by atoms with Crippen molar-refractivity contribution in [2.24, 2.45) is 0 Å². The van der Waals surface area contributed by atoms with Gasteiger partial charge in [0.1, 0.15) is 0 Å². The van der Waals surface area contributed by atoms with Gasteiger partial charge in [-0.3, -0.25) is 0 Å². The second kappa shape index (κ2) is 11.5. The minimum absolute atomic E-state index is 0.00827. The predicted molar refractivity (Wildman–Crippen MR) is 189 cm³/mol. The van der Waals surface area contributed by atoms with Crippen LogP contribution in [0.3, 0.4) is 0 Å². The third-order valence-corrected chi connectivity index (χ3v) is 8.30. The first-order chi connectivity index (χ1) is 20.2. The molecule has 0 saturated carbocycles. The monoisotopic (exact) mass is 565 g/mol. The summed E-state index contributed by atoms with van der Waals surface area (Å²) in [4.78, 5) is 0. The molecule has 0 aromatic heterocycles. The van der Waals surface area contributed by atoms with E-state index in [9.17, 15) is 0 Å². The second-order valence-electron chi connectivity index (χ2n) is 14.9. The summed E-state index contributed by atoms with van der Waals surface area (Å²) >= 11 is 0. The smallest absolute Gasteiger partial charge is 0.0543 e. The van der Waals surface area contributed by atoms with Crippen molar-refractivity contribution < 1.29 is 0 Å². The molecular weight excluding hydrogens is 518 g/mol. The van der Waals surface area contributed by atoms with Crippen LogP contribution in [0.2, 0.25) is 0 Å². The molecule has 0 fully saturated rings. The molecule has 1 heteroatoms. The van der Waals surface area contributed by atoms with Crippen molar-refractivity contribution in [3.8, 4) is 33.4 Å². The highest BCUT2D eigenvalue weighted by Gasteiger charge is 2.23. The highest BCUT2D eigenvalue weighted by Crippen LogP contribution is 2.43. The number of hydrogen-bond acceptors (Lipinski definition) is 1. The minimum Gasteiger partial charge on any atom is -0.354 e. The van der Waals surface area contributed by atoms with Crippen LogP contribution in [0.1, 0.15) is 79.0 Å². The fourth-order valence-electron chi connectivity index (χ4n) is 5.48. The molecule has 1 N–H and O–H groups in total. The molecule has 0 bridgehead atoms. The van der Waals surface area contributed by atoms with E-state index in [1.807, 2.05) is 0 Å². The summed E-state index contributed by atoms with van der Waals surface area (Å²) in [6, 6.07) is 42.3. The molecule has 0 aliphatic heterocycles. The van der Waals surface area contributed by atoms with E-state index in [1.165, 1.54) is 50.1 Å². The van der Waals surface area contributed by atoms with Crippen LogP contribution in [0.4, 0.5) is 11.4 Å². The zero-order valence-corrected chi connectivity index (χ0v) is 27.5. The van der Waals surface area contributed by atoms with Crippen molar-refractivity contribution in [2.75, 3.05) is 5.32 Å². The van der Waals surface area contributed by atoms with Gasteiger partial charge in [-0.2, -0.15) is 0 Å². The van der Waals surface area contributed by atoms with Crippen LogP contribution in [0, 0.1) is 0 Å². The molecule has 1 nitrogen and oxygen atoms in total. The zero-order chi connectivity index (χ0) is 31.0. The summed E-state index contributed by atoms with van der Waals surface area (Å²) in [5.41, 5.74) is 13.7. The Morgan fingerprint density at radius 2 is 0.791 bits per heavy atom. The van der Waals surface area contributed by atoms with Gasteiger partial charge in [-0.25, -0.2) is 0 Å². The van der Waals surface area contributed by atoms with Crippen LogP contribution in [0.15, 0.2) is 115 Å². The van der Waals surface area contributed by atoms with E-state index < -0.39 is 0 Å². The Bertz CT molecular complexity index is 1610. The largest absolute Gasteiger partial charge is 0.354 e. The summed E-state index contributed by atoms with van der Waals surface area (Å²) in [6.07, 6.45) is 0. The molecular formula is C42H47N. The first-order valence-electron chi connectivity index (χ1n) is 15.5. The van der Waals surface area contributed by atoms with Crippen LogP contribution in [0.25, 0.3) is 33.4 Å². The van der Waals surface area contributed by atoms with Gasteiger partial charge in [0.2, 0.25) is 0 Å². The van der Waals surface area contributed by atoms with Crippen LogP contribution >= 0.6 is 0 Å². The van der Waals surface area contributed by atoms with Crippen LogP contribution in [-0.2, 0) is 16.2 Å². The third-order valence-electron chi connectivity index (χ3n) is 8.30. The van der Waals surface area contributed by atoms with E-state index in [0.717, 1.165) is 11.4 Å². The fraction of sp³-hybridized carbons (Fsp3) is 0.286. The number of benzene rings is 5. The lowest BCUT2D eigenvalue weighted by Crippen LogP contribution is -2.16. The molecule has 0 atom stereocenters. The molecule has 0 radical (unpaired) electrons. The Kier molecular flexibility index (Phi) is 8.14. The topological polar surface area (TPSA) is 12.0 Å². The molecule has 0 aliphatic rings. The molecule has 43 heavy (non-hydrogen) atoms.